The number of rotatable bonds is 4. The van der Waals surface area contributed by atoms with Crippen LogP contribution in [-0.2, 0) is 16.6 Å². The summed E-state index contributed by atoms with van der Waals surface area (Å²) in [5.41, 5.74) is 1.95. The molecule has 1 fully saturated rings. The van der Waals surface area contributed by atoms with Crippen molar-refractivity contribution in [1.82, 2.24) is 19.2 Å². The van der Waals surface area contributed by atoms with Crippen LogP contribution in [0.4, 0.5) is 0 Å². The maximum Gasteiger partial charge on any atom is 0.243 e. The summed E-state index contributed by atoms with van der Waals surface area (Å²) in [7, 11) is -3.58. The Morgan fingerprint density at radius 3 is 2.44 bits per heavy atom. The van der Waals surface area contributed by atoms with Gasteiger partial charge in [-0.25, -0.2) is 13.4 Å². The predicted molar refractivity (Wildman–Crippen MR) is 107 cm³/mol. The van der Waals surface area contributed by atoms with E-state index in [-0.39, 0.29) is 9.92 Å². The predicted octanol–water partition coefficient (Wildman–Crippen LogP) is 3.38. The summed E-state index contributed by atoms with van der Waals surface area (Å²) in [5, 5.41) is 0.576. The van der Waals surface area contributed by atoms with Crippen LogP contribution in [0.2, 0.25) is 10.0 Å². The zero-order chi connectivity index (χ0) is 19.0. The van der Waals surface area contributed by atoms with Gasteiger partial charge in [-0.15, -0.1) is 0 Å². The number of sulfonamides is 1. The Balaban J connectivity index is 1.42. The van der Waals surface area contributed by atoms with Gasteiger partial charge >= 0.3 is 0 Å². The number of nitrogens with zero attached hydrogens (tertiary/aromatic N) is 3. The number of aromatic nitrogens is 2. The minimum atomic E-state index is -3.58. The topological polar surface area (TPSA) is 69.3 Å². The Labute approximate surface area is 167 Å². The SMILES string of the molecule is O=S(=O)(c1ccc(Cl)c(Cl)c1)N1CCN(Cc2nc3ccccc3[nH]2)CC1. The lowest BCUT2D eigenvalue weighted by molar-refractivity contribution is 0.178. The van der Waals surface area contributed by atoms with Gasteiger partial charge in [0.2, 0.25) is 10.0 Å². The van der Waals surface area contributed by atoms with Crippen molar-refractivity contribution in [1.29, 1.82) is 0 Å². The van der Waals surface area contributed by atoms with Crippen LogP contribution in [0.25, 0.3) is 11.0 Å². The van der Waals surface area contributed by atoms with Gasteiger partial charge in [-0.3, -0.25) is 4.90 Å². The summed E-state index contributed by atoms with van der Waals surface area (Å²) in [4.78, 5) is 10.3. The fourth-order valence-electron chi connectivity index (χ4n) is 3.21. The first kappa shape index (κ1) is 18.7. The molecule has 1 aliphatic heterocycles. The van der Waals surface area contributed by atoms with E-state index in [1.807, 2.05) is 24.3 Å². The smallest absolute Gasteiger partial charge is 0.243 e. The highest BCUT2D eigenvalue weighted by atomic mass is 35.5. The van der Waals surface area contributed by atoms with Gasteiger partial charge in [-0.05, 0) is 30.3 Å². The van der Waals surface area contributed by atoms with Crippen molar-refractivity contribution >= 4 is 44.3 Å². The molecule has 0 spiro atoms. The number of piperazine rings is 1. The monoisotopic (exact) mass is 424 g/mol. The van der Waals surface area contributed by atoms with Crippen molar-refractivity contribution in [2.45, 2.75) is 11.4 Å². The largest absolute Gasteiger partial charge is 0.341 e. The molecule has 1 N–H and O–H groups in total. The lowest BCUT2D eigenvalue weighted by atomic mass is 10.3. The lowest BCUT2D eigenvalue weighted by Gasteiger charge is -2.33. The van der Waals surface area contributed by atoms with Gasteiger partial charge < -0.3 is 4.98 Å². The van der Waals surface area contributed by atoms with Crippen molar-refractivity contribution in [2.75, 3.05) is 26.2 Å². The lowest BCUT2D eigenvalue weighted by Crippen LogP contribution is -2.48. The number of fused-ring (bicyclic) bond motifs is 1. The van der Waals surface area contributed by atoms with E-state index in [1.165, 1.54) is 22.5 Å². The normalized spacial score (nSPS) is 16.8. The fourth-order valence-corrected chi connectivity index (χ4v) is 5.02. The molecule has 9 heteroatoms. The molecule has 3 aromatic rings. The van der Waals surface area contributed by atoms with Crippen LogP contribution in [0.15, 0.2) is 47.4 Å². The zero-order valence-corrected chi connectivity index (χ0v) is 16.7. The number of nitrogens with one attached hydrogen (secondary N) is 1. The van der Waals surface area contributed by atoms with Gasteiger partial charge in [-0.2, -0.15) is 4.31 Å². The quantitative estimate of drug-likeness (QED) is 0.696. The van der Waals surface area contributed by atoms with Gasteiger partial charge in [0.05, 0.1) is 32.5 Å². The number of benzene rings is 2. The van der Waals surface area contributed by atoms with Crippen LogP contribution in [0.5, 0.6) is 0 Å². The second kappa shape index (κ2) is 7.41. The van der Waals surface area contributed by atoms with E-state index in [1.54, 1.807) is 0 Å². The first-order valence-electron chi connectivity index (χ1n) is 8.55. The summed E-state index contributed by atoms with van der Waals surface area (Å²) in [6, 6.07) is 12.3. The summed E-state index contributed by atoms with van der Waals surface area (Å²) in [6.07, 6.45) is 0. The first-order chi connectivity index (χ1) is 12.9. The first-order valence-corrected chi connectivity index (χ1v) is 10.7. The Bertz CT molecular complexity index is 1040. The molecule has 2 aromatic carbocycles. The van der Waals surface area contributed by atoms with E-state index in [2.05, 4.69) is 14.9 Å². The second-order valence-corrected chi connectivity index (χ2v) is 9.21. The molecule has 0 saturated carbocycles. The maximum absolute atomic E-state index is 12.8. The van der Waals surface area contributed by atoms with Crippen LogP contribution in [0, 0.1) is 0 Å². The second-order valence-electron chi connectivity index (χ2n) is 6.46. The van der Waals surface area contributed by atoms with Gasteiger partial charge in [0.25, 0.3) is 0 Å². The highest BCUT2D eigenvalue weighted by Crippen LogP contribution is 2.27. The van der Waals surface area contributed by atoms with Crippen molar-refractivity contribution in [3.8, 4) is 0 Å². The van der Waals surface area contributed by atoms with Crippen molar-refractivity contribution in [3.05, 3.63) is 58.3 Å². The Morgan fingerprint density at radius 1 is 1.00 bits per heavy atom. The van der Waals surface area contributed by atoms with Crippen molar-refractivity contribution in [2.24, 2.45) is 0 Å². The van der Waals surface area contributed by atoms with Gasteiger partial charge in [-0.1, -0.05) is 35.3 Å². The average molecular weight is 425 g/mol. The fraction of sp³-hybridized carbons (Fsp3) is 0.278. The van der Waals surface area contributed by atoms with Crippen LogP contribution in [-0.4, -0.2) is 53.8 Å². The number of H-pyrrole nitrogens is 1. The maximum atomic E-state index is 12.8. The molecule has 0 atom stereocenters. The molecule has 0 aliphatic carbocycles. The minimum Gasteiger partial charge on any atom is -0.341 e. The van der Waals surface area contributed by atoms with Gasteiger partial charge in [0.15, 0.2) is 0 Å². The van der Waals surface area contributed by atoms with Gasteiger partial charge in [0.1, 0.15) is 5.82 Å². The van der Waals surface area contributed by atoms with E-state index in [4.69, 9.17) is 23.2 Å². The molecule has 1 aliphatic rings. The molecule has 0 bridgehead atoms. The molecule has 0 radical (unpaired) electrons. The van der Waals surface area contributed by atoms with E-state index >= 15 is 0 Å². The van der Waals surface area contributed by atoms with E-state index < -0.39 is 10.0 Å². The number of aromatic amines is 1. The summed E-state index contributed by atoms with van der Waals surface area (Å²) < 4.78 is 27.1. The van der Waals surface area contributed by atoms with Crippen LogP contribution < -0.4 is 0 Å². The van der Waals surface area contributed by atoms with Crippen molar-refractivity contribution in [3.63, 3.8) is 0 Å². The number of imidazole rings is 1. The molecule has 142 valence electrons. The molecular weight excluding hydrogens is 407 g/mol. The molecule has 6 nitrogen and oxygen atoms in total. The van der Waals surface area contributed by atoms with Crippen molar-refractivity contribution < 1.29 is 8.42 Å². The van der Waals surface area contributed by atoms with Crippen LogP contribution >= 0.6 is 23.2 Å². The Morgan fingerprint density at radius 2 is 1.74 bits per heavy atom. The summed E-state index contributed by atoms with van der Waals surface area (Å²) >= 11 is 11.9. The molecule has 27 heavy (non-hydrogen) atoms. The van der Waals surface area contributed by atoms with Crippen LogP contribution in [0.3, 0.4) is 0 Å². The highest BCUT2D eigenvalue weighted by Gasteiger charge is 2.29. The zero-order valence-electron chi connectivity index (χ0n) is 14.4. The van der Waals surface area contributed by atoms with E-state index in [0.29, 0.717) is 37.7 Å². The number of halogens is 2. The third-order valence-electron chi connectivity index (χ3n) is 4.67. The number of hydrogen-bond donors (Lipinski definition) is 1. The summed E-state index contributed by atoms with van der Waals surface area (Å²) in [5.74, 6) is 0.886. The van der Waals surface area contributed by atoms with Crippen LogP contribution in [0.1, 0.15) is 5.82 Å². The molecule has 4 rings (SSSR count). The Kier molecular flexibility index (Phi) is 5.13. The van der Waals surface area contributed by atoms with Gasteiger partial charge in [0, 0.05) is 26.2 Å². The molecule has 1 saturated heterocycles. The number of para-hydroxylation sites is 2. The minimum absolute atomic E-state index is 0.169. The molecule has 2 heterocycles. The third kappa shape index (κ3) is 3.83. The molecule has 0 amide bonds. The standard InChI is InChI=1S/C18H18Cl2N4O2S/c19-14-6-5-13(11-15(14)20)27(25,26)24-9-7-23(8-10-24)12-18-21-16-3-1-2-4-17(16)22-18/h1-6,11H,7-10,12H2,(H,21,22). The Hall–Kier alpha value is -1.64. The highest BCUT2D eigenvalue weighted by molar-refractivity contribution is 7.89. The molecule has 0 unspecified atom stereocenters. The summed E-state index contributed by atoms with van der Waals surface area (Å²) in [6.45, 7) is 2.77. The molecule has 1 aromatic heterocycles. The van der Waals surface area contributed by atoms with E-state index in [9.17, 15) is 8.42 Å². The van der Waals surface area contributed by atoms with E-state index in [0.717, 1.165) is 16.9 Å². The third-order valence-corrected chi connectivity index (χ3v) is 7.31. The number of hydrogen-bond acceptors (Lipinski definition) is 4. The molecular formula is C18H18Cl2N4O2S. The average Bonchev–Trinajstić information content (AvgIpc) is 3.06.